The molecule has 1 amide bonds. The molecule has 0 radical (unpaired) electrons. The third-order valence-electron chi connectivity index (χ3n) is 2.54. The fraction of sp³-hybridized carbons (Fsp3) is 0.143. The summed E-state index contributed by atoms with van der Waals surface area (Å²) in [6.45, 7) is 2.62. The summed E-state index contributed by atoms with van der Waals surface area (Å²) < 4.78 is 13.6. The molecule has 1 aromatic heterocycles. The van der Waals surface area contributed by atoms with Gasteiger partial charge in [0.1, 0.15) is 17.3 Å². The molecule has 0 unspecified atom stereocenters. The fourth-order valence-electron chi connectivity index (χ4n) is 1.64. The lowest BCUT2D eigenvalue weighted by molar-refractivity contribution is 0.102. The molecule has 0 saturated heterocycles. The zero-order chi connectivity index (χ0) is 14.5. The monoisotopic (exact) mass is 293 g/mol. The molecule has 0 aliphatic heterocycles. The summed E-state index contributed by atoms with van der Waals surface area (Å²) in [5.41, 5.74) is 0.137. The van der Waals surface area contributed by atoms with Crippen LogP contribution in [0.25, 0.3) is 0 Å². The summed E-state index contributed by atoms with van der Waals surface area (Å²) in [4.78, 5) is 16.2. The quantitative estimate of drug-likeness (QED) is 0.906. The highest BCUT2D eigenvalue weighted by molar-refractivity contribution is 6.33. The average Bonchev–Trinajstić information content (AvgIpc) is 2.43. The standard InChI is InChI=1S/C14H13ClFN3O/c1-2-17-12-8-4-7-11(18-12)14(20)19-13-9(15)5-3-6-10(13)16/h3-8H,2H2,1H3,(H,17,18)(H,19,20). The Bertz CT molecular complexity index is 613. The van der Waals surface area contributed by atoms with Gasteiger partial charge in [-0.05, 0) is 31.2 Å². The van der Waals surface area contributed by atoms with Gasteiger partial charge in [0.2, 0.25) is 0 Å². The maximum Gasteiger partial charge on any atom is 0.274 e. The first-order valence-electron chi connectivity index (χ1n) is 6.08. The molecule has 0 aliphatic rings. The van der Waals surface area contributed by atoms with E-state index in [1.807, 2.05) is 6.92 Å². The summed E-state index contributed by atoms with van der Waals surface area (Å²) in [6, 6.07) is 9.19. The van der Waals surface area contributed by atoms with Crippen LogP contribution in [-0.4, -0.2) is 17.4 Å². The second kappa shape index (κ2) is 6.34. The largest absolute Gasteiger partial charge is 0.370 e. The Morgan fingerprint density at radius 3 is 2.75 bits per heavy atom. The van der Waals surface area contributed by atoms with E-state index in [0.29, 0.717) is 12.4 Å². The van der Waals surface area contributed by atoms with E-state index >= 15 is 0 Å². The lowest BCUT2D eigenvalue weighted by Gasteiger charge is -2.09. The molecule has 6 heteroatoms. The van der Waals surface area contributed by atoms with E-state index in [0.717, 1.165) is 0 Å². The molecular formula is C14H13ClFN3O. The first kappa shape index (κ1) is 14.3. The zero-order valence-corrected chi connectivity index (χ0v) is 11.5. The predicted molar refractivity (Wildman–Crippen MR) is 77.8 cm³/mol. The molecule has 104 valence electrons. The minimum absolute atomic E-state index is 0.0465. The number of pyridine rings is 1. The van der Waals surface area contributed by atoms with Crippen LogP contribution >= 0.6 is 11.6 Å². The topological polar surface area (TPSA) is 54.0 Å². The van der Waals surface area contributed by atoms with Gasteiger partial charge >= 0.3 is 0 Å². The molecule has 0 aliphatic carbocycles. The lowest BCUT2D eigenvalue weighted by atomic mass is 10.2. The molecule has 1 heterocycles. The van der Waals surface area contributed by atoms with Crippen molar-refractivity contribution in [2.45, 2.75) is 6.92 Å². The normalized spacial score (nSPS) is 10.2. The van der Waals surface area contributed by atoms with Gasteiger partial charge in [0, 0.05) is 6.54 Å². The van der Waals surface area contributed by atoms with Crippen molar-refractivity contribution in [2.75, 3.05) is 17.2 Å². The molecular weight excluding hydrogens is 281 g/mol. The number of aromatic nitrogens is 1. The van der Waals surface area contributed by atoms with E-state index in [-0.39, 0.29) is 16.4 Å². The van der Waals surface area contributed by atoms with Crippen LogP contribution in [0.15, 0.2) is 36.4 Å². The Hall–Kier alpha value is -2.14. The number of hydrogen-bond donors (Lipinski definition) is 2. The van der Waals surface area contributed by atoms with Crippen molar-refractivity contribution >= 4 is 29.0 Å². The molecule has 2 N–H and O–H groups in total. The number of nitrogens with zero attached hydrogens (tertiary/aromatic N) is 1. The Morgan fingerprint density at radius 1 is 1.30 bits per heavy atom. The van der Waals surface area contributed by atoms with Gasteiger partial charge in [-0.1, -0.05) is 23.7 Å². The average molecular weight is 294 g/mol. The van der Waals surface area contributed by atoms with Crippen molar-refractivity contribution < 1.29 is 9.18 Å². The number of benzene rings is 1. The molecule has 20 heavy (non-hydrogen) atoms. The van der Waals surface area contributed by atoms with Gasteiger partial charge in [0.05, 0.1) is 10.7 Å². The number of rotatable bonds is 4. The van der Waals surface area contributed by atoms with E-state index in [1.54, 1.807) is 18.2 Å². The van der Waals surface area contributed by atoms with Crippen molar-refractivity contribution in [1.82, 2.24) is 4.98 Å². The predicted octanol–water partition coefficient (Wildman–Crippen LogP) is 3.56. The number of anilines is 2. The molecule has 0 fully saturated rings. The van der Waals surface area contributed by atoms with Gasteiger partial charge in [0.25, 0.3) is 5.91 Å². The van der Waals surface area contributed by atoms with Gasteiger partial charge in [-0.3, -0.25) is 4.79 Å². The smallest absolute Gasteiger partial charge is 0.274 e. The third-order valence-corrected chi connectivity index (χ3v) is 2.86. The van der Waals surface area contributed by atoms with Crippen molar-refractivity contribution in [2.24, 2.45) is 0 Å². The Labute approximate surface area is 121 Å². The number of amides is 1. The van der Waals surface area contributed by atoms with E-state index in [1.165, 1.54) is 18.2 Å². The van der Waals surface area contributed by atoms with Crippen LogP contribution in [0.1, 0.15) is 17.4 Å². The molecule has 0 atom stereocenters. The Morgan fingerprint density at radius 2 is 2.05 bits per heavy atom. The van der Waals surface area contributed by atoms with Crippen LogP contribution in [-0.2, 0) is 0 Å². The molecule has 0 spiro atoms. The Kier molecular flexibility index (Phi) is 4.53. The van der Waals surface area contributed by atoms with Gasteiger partial charge in [-0.2, -0.15) is 0 Å². The molecule has 0 saturated carbocycles. The SMILES string of the molecule is CCNc1cccc(C(=O)Nc2c(F)cccc2Cl)n1. The van der Waals surface area contributed by atoms with E-state index < -0.39 is 11.7 Å². The molecule has 0 bridgehead atoms. The summed E-state index contributed by atoms with van der Waals surface area (Å²) in [5.74, 6) is -0.523. The third kappa shape index (κ3) is 3.24. The van der Waals surface area contributed by atoms with E-state index in [4.69, 9.17) is 11.6 Å². The molecule has 2 rings (SSSR count). The number of carbonyl (C=O) groups is 1. The van der Waals surface area contributed by atoms with Gasteiger partial charge in [0.15, 0.2) is 0 Å². The maximum atomic E-state index is 13.6. The minimum atomic E-state index is -0.589. The second-order valence-corrected chi connectivity index (χ2v) is 4.40. The lowest BCUT2D eigenvalue weighted by Crippen LogP contribution is -2.15. The van der Waals surface area contributed by atoms with Gasteiger partial charge in [-0.15, -0.1) is 0 Å². The highest BCUT2D eigenvalue weighted by atomic mass is 35.5. The van der Waals surface area contributed by atoms with Crippen LogP contribution in [0, 0.1) is 5.82 Å². The minimum Gasteiger partial charge on any atom is -0.370 e. The highest BCUT2D eigenvalue weighted by Gasteiger charge is 2.13. The van der Waals surface area contributed by atoms with Crippen molar-refractivity contribution in [3.8, 4) is 0 Å². The van der Waals surface area contributed by atoms with Crippen LogP contribution < -0.4 is 10.6 Å². The number of halogens is 2. The second-order valence-electron chi connectivity index (χ2n) is 3.99. The number of hydrogen-bond acceptors (Lipinski definition) is 3. The van der Waals surface area contributed by atoms with Gasteiger partial charge in [-0.25, -0.2) is 9.37 Å². The zero-order valence-electron chi connectivity index (χ0n) is 10.8. The number of carbonyl (C=O) groups excluding carboxylic acids is 1. The molecule has 1 aromatic carbocycles. The Balaban J connectivity index is 2.22. The van der Waals surface area contributed by atoms with Crippen LogP contribution in [0.3, 0.4) is 0 Å². The van der Waals surface area contributed by atoms with Crippen LogP contribution in [0.4, 0.5) is 15.9 Å². The van der Waals surface area contributed by atoms with Crippen molar-refractivity contribution in [3.63, 3.8) is 0 Å². The molecule has 4 nitrogen and oxygen atoms in total. The van der Waals surface area contributed by atoms with Crippen LogP contribution in [0.2, 0.25) is 5.02 Å². The summed E-state index contributed by atoms with van der Waals surface area (Å²) in [6.07, 6.45) is 0. The number of para-hydroxylation sites is 1. The van der Waals surface area contributed by atoms with Crippen molar-refractivity contribution in [3.05, 3.63) is 52.9 Å². The maximum absolute atomic E-state index is 13.6. The summed E-state index contributed by atoms with van der Waals surface area (Å²) in [5, 5.41) is 5.57. The summed E-state index contributed by atoms with van der Waals surface area (Å²) in [7, 11) is 0. The first-order valence-corrected chi connectivity index (χ1v) is 6.46. The van der Waals surface area contributed by atoms with Crippen LogP contribution in [0.5, 0.6) is 0 Å². The highest BCUT2D eigenvalue weighted by Crippen LogP contribution is 2.25. The van der Waals surface area contributed by atoms with Gasteiger partial charge < -0.3 is 10.6 Å². The number of nitrogens with one attached hydrogen (secondary N) is 2. The fourth-order valence-corrected chi connectivity index (χ4v) is 1.85. The summed E-state index contributed by atoms with van der Waals surface area (Å²) >= 11 is 5.85. The van der Waals surface area contributed by atoms with Crippen molar-refractivity contribution in [1.29, 1.82) is 0 Å². The van der Waals surface area contributed by atoms with E-state index in [2.05, 4.69) is 15.6 Å². The molecule has 2 aromatic rings. The first-order chi connectivity index (χ1) is 9.61. The van der Waals surface area contributed by atoms with E-state index in [9.17, 15) is 9.18 Å².